The number of hydrogen-bond donors (Lipinski definition) is 2. The molecule has 2 amide bonds. The van der Waals surface area contributed by atoms with Crippen LogP contribution in [0.5, 0.6) is 0 Å². The average molecular weight is 284 g/mol. The summed E-state index contributed by atoms with van der Waals surface area (Å²) >= 11 is 0. The van der Waals surface area contributed by atoms with Crippen molar-refractivity contribution in [2.24, 2.45) is 23.0 Å². The molecule has 3 N–H and O–H groups in total. The van der Waals surface area contributed by atoms with E-state index in [1.165, 1.54) is 0 Å². The molecule has 0 aromatic heterocycles. The van der Waals surface area contributed by atoms with Gasteiger partial charge in [0.1, 0.15) is 0 Å². The molecule has 0 aliphatic heterocycles. The molecule has 0 heterocycles. The zero-order valence-electron chi connectivity index (χ0n) is 14.2. The SMILES string of the molecule is CCCC[C@H](C(N)=O)[C@H](C(=O)NC(C)(C)C)C(C)(C)C. The highest BCUT2D eigenvalue weighted by Gasteiger charge is 2.41. The van der Waals surface area contributed by atoms with Crippen molar-refractivity contribution in [1.29, 1.82) is 0 Å². The van der Waals surface area contributed by atoms with E-state index in [0.29, 0.717) is 6.42 Å². The van der Waals surface area contributed by atoms with Crippen molar-refractivity contribution in [3.8, 4) is 0 Å². The van der Waals surface area contributed by atoms with E-state index >= 15 is 0 Å². The van der Waals surface area contributed by atoms with E-state index in [4.69, 9.17) is 5.73 Å². The largest absolute Gasteiger partial charge is 0.369 e. The molecule has 0 spiro atoms. The maximum atomic E-state index is 12.6. The van der Waals surface area contributed by atoms with Crippen LogP contribution in [0, 0.1) is 17.3 Å². The summed E-state index contributed by atoms with van der Waals surface area (Å²) < 4.78 is 0. The molecule has 0 saturated heterocycles. The molecular weight excluding hydrogens is 252 g/mol. The minimum absolute atomic E-state index is 0.0788. The van der Waals surface area contributed by atoms with Crippen LogP contribution in [0.1, 0.15) is 67.7 Å². The first-order valence-corrected chi connectivity index (χ1v) is 7.51. The van der Waals surface area contributed by atoms with Gasteiger partial charge < -0.3 is 11.1 Å². The molecule has 0 fully saturated rings. The first kappa shape index (κ1) is 18.9. The first-order valence-electron chi connectivity index (χ1n) is 7.51. The highest BCUT2D eigenvalue weighted by atomic mass is 16.2. The van der Waals surface area contributed by atoms with Crippen molar-refractivity contribution in [3.63, 3.8) is 0 Å². The quantitative estimate of drug-likeness (QED) is 0.787. The molecule has 2 atom stereocenters. The molecule has 0 aliphatic rings. The van der Waals surface area contributed by atoms with Gasteiger partial charge in [0.15, 0.2) is 0 Å². The van der Waals surface area contributed by atoms with Gasteiger partial charge in [-0.05, 0) is 32.6 Å². The van der Waals surface area contributed by atoms with E-state index in [2.05, 4.69) is 12.2 Å². The standard InChI is InChI=1S/C16H32N2O2/c1-8-9-10-11(13(17)19)12(15(2,3)4)14(20)18-16(5,6)7/h11-12H,8-10H2,1-7H3,(H2,17,19)(H,18,20)/t11-,12+/m0/s1. The van der Waals surface area contributed by atoms with Crippen LogP contribution in [0.3, 0.4) is 0 Å². The highest BCUT2D eigenvalue weighted by Crippen LogP contribution is 2.35. The predicted octanol–water partition coefficient (Wildman–Crippen LogP) is 2.86. The van der Waals surface area contributed by atoms with Crippen molar-refractivity contribution < 1.29 is 9.59 Å². The zero-order valence-corrected chi connectivity index (χ0v) is 14.2. The molecule has 0 rings (SSSR count). The van der Waals surface area contributed by atoms with Crippen LogP contribution < -0.4 is 11.1 Å². The molecule has 4 heteroatoms. The second kappa shape index (κ2) is 7.09. The Bertz CT molecular complexity index is 337. The number of hydrogen-bond acceptors (Lipinski definition) is 2. The van der Waals surface area contributed by atoms with Gasteiger partial charge in [0.05, 0.1) is 5.92 Å². The van der Waals surface area contributed by atoms with E-state index in [1.54, 1.807) is 0 Å². The van der Waals surface area contributed by atoms with Crippen LogP contribution in [0.25, 0.3) is 0 Å². The van der Waals surface area contributed by atoms with Gasteiger partial charge in [-0.15, -0.1) is 0 Å². The Morgan fingerprint density at radius 3 is 1.90 bits per heavy atom. The van der Waals surface area contributed by atoms with Crippen molar-refractivity contribution in [2.75, 3.05) is 0 Å². The Kier molecular flexibility index (Phi) is 6.72. The molecule has 0 bridgehead atoms. The molecular formula is C16H32N2O2. The molecule has 20 heavy (non-hydrogen) atoms. The summed E-state index contributed by atoms with van der Waals surface area (Å²) in [5.41, 5.74) is 4.94. The summed E-state index contributed by atoms with van der Waals surface area (Å²) in [5, 5.41) is 2.99. The maximum Gasteiger partial charge on any atom is 0.224 e. The third kappa shape index (κ3) is 6.40. The molecule has 0 aromatic carbocycles. The van der Waals surface area contributed by atoms with Crippen LogP contribution in [-0.2, 0) is 9.59 Å². The number of rotatable bonds is 6. The Morgan fingerprint density at radius 2 is 1.60 bits per heavy atom. The summed E-state index contributed by atoms with van der Waals surface area (Å²) in [6, 6.07) is 0. The molecule has 0 radical (unpaired) electrons. The van der Waals surface area contributed by atoms with Crippen LogP contribution in [0.2, 0.25) is 0 Å². The first-order chi connectivity index (χ1) is 8.90. The van der Waals surface area contributed by atoms with Gasteiger partial charge in [-0.1, -0.05) is 40.5 Å². The van der Waals surface area contributed by atoms with E-state index in [-0.39, 0.29) is 22.8 Å². The smallest absolute Gasteiger partial charge is 0.224 e. The summed E-state index contributed by atoms with van der Waals surface area (Å²) in [7, 11) is 0. The number of nitrogens with two attached hydrogens (primary N) is 1. The fraction of sp³-hybridized carbons (Fsp3) is 0.875. The van der Waals surface area contributed by atoms with Crippen LogP contribution in [0.4, 0.5) is 0 Å². The van der Waals surface area contributed by atoms with Gasteiger partial charge in [0.25, 0.3) is 0 Å². The lowest BCUT2D eigenvalue weighted by atomic mass is 9.70. The fourth-order valence-corrected chi connectivity index (χ4v) is 2.52. The average Bonchev–Trinajstić information content (AvgIpc) is 2.18. The molecule has 0 aromatic rings. The van der Waals surface area contributed by atoms with Gasteiger partial charge in [-0.3, -0.25) is 9.59 Å². The monoisotopic (exact) mass is 284 g/mol. The van der Waals surface area contributed by atoms with E-state index < -0.39 is 11.8 Å². The number of primary amides is 1. The van der Waals surface area contributed by atoms with Gasteiger partial charge in [0.2, 0.25) is 11.8 Å². The fourth-order valence-electron chi connectivity index (χ4n) is 2.52. The summed E-state index contributed by atoms with van der Waals surface area (Å²) in [5.74, 6) is -1.25. The Morgan fingerprint density at radius 1 is 1.10 bits per heavy atom. The van der Waals surface area contributed by atoms with Crippen molar-refractivity contribution in [2.45, 2.75) is 73.3 Å². The Hall–Kier alpha value is -1.06. The maximum absolute atomic E-state index is 12.6. The number of carbonyl (C=O) groups is 2. The van der Waals surface area contributed by atoms with Crippen molar-refractivity contribution >= 4 is 11.8 Å². The third-order valence-electron chi connectivity index (χ3n) is 3.35. The Balaban J connectivity index is 5.31. The number of nitrogens with one attached hydrogen (secondary N) is 1. The predicted molar refractivity (Wildman–Crippen MR) is 83.1 cm³/mol. The second-order valence-corrected chi connectivity index (χ2v) is 7.73. The summed E-state index contributed by atoms with van der Waals surface area (Å²) in [6.07, 6.45) is 2.57. The third-order valence-corrected chi connectivity index (χ3v) is 3.35. The van der Waals surface area contributed by atoms with Gasteiger partial charge in [0, 0.05) is 11.5 Å². The normalized spacial score (nSPS) is 15.6. The number of amides is 2. The summed E-state index contributed by atoms with van der Waals surface area (Å²) in [4.78, 5) is 24.4. The number of carbonyl (C=O) groups excluding carboxylic acids is 2. The van der Waals surface area contributed by atoms with Crippen molar-refractivity contribution in [3.05, 3.63) is 0 Å². The van der Waals surface area contributed by atoms with Gasteiger partial charge in [-0.25, -0.2) is 0 Å². The molecule has 118 valence electrons. The van der Waals surface area contributed by atoms with Crippen LogP contribution >= 0.6 is 0 Å². The molecule has 0 aliphatic carbocycles. The van der Waals surface area contributed by atoms with Gasteiger partial charge in [-0.2, -0.15) is 0 Å². The number of unbranched alkanes of at least 4 members (excludes halogenated alkanes) is 1. The lowest BCUT2D eigenvalue weighted by molar-refractivity contribution is -0.139. The lowest BCUT2D eigenvalue weighted by Gasteiger charge is -2.36. The van der Waals surface area contributed by atoms with E-state index in [9.17, 15) is 9.59 Å². The zero-order chi connectivity index (χ0) is 16.1. The van der Waals surface area contributed by atoms with Crippen molar-refractivity contribution in [1.82, 2.24) is 5.32 Å². The molecule has 0 saturated carbocycles. The van der Waals surface area contributed by atoms with E-state index in [1.807, 2.05) is 41.5 Å². The van der Waals surface area contributed by atoms with E-state index in [0.717, 1.165) is 12.8 Å². The lowest BCUT2D eigenvalue weighted by Crippen LogP contribution is -2.51. The topological polar surface area (TPSA) is 72.2 Å². The van der Waals surface area contributed by atoms with Crippen LogP contribution in [0.15, 0.2) is 0 Å². The minimum Gasteiger partial charge on any atom is -0.369 e. The van der Waals surface area contributed by atoms with Gasteiger partial charge >= 0.3 is 0 Å². The summed E-state index contributed by atoms with van der Waals surface area (Å²) in [6.45, 7) is 13.9. The Labute approximate surface area is 123 Å². The second-order valence-electron chi connectivity index (χ2n) is 7.73. The molecule has 4 nitrogen and oxygen atoms in total. The highest BCUT2D eigenvalue weighted by molar-refractivity contribution is 5.87. The minimum atomic E-state index is -0.405. The van der Waals surface area contributed by atoms with Crippen LogP contribution in [-0.4, -0.2) is 17.4 Å². The molecule has 0 unspecified atom stereocenters.